The molecule has 1 aromatic heterocycles. The molecule has 0 unspecified atom stereocenters. The average molecular weight is 389 g/mol. The maximum absolute atomic E-state index is 12.7. The summed E-state index contributed by atoms with van der Waals surface area (Å²) in [6, 6.07) is 13.2. The molecule has 0 aliphatic carbocycles. The topological polar surface area (TPSA) is 78.5 Å². The molecule has 6 heteroatoms. The number of aromatic amines is 1. The normalized spacial score (nSPS) is 14.5. The van der Waals surface area contributed by atoms with E-state index in [0.29, 0.717) is 31.9 Å². The monoisotopic (exact) mass is 389 g/mol. The molecule has 0 atom stereocenters. The Morgan fingerprint density at radius 2 is 1.90 bits per heavy atom. The zero-order valence-corrected chi connectivity index (χ0v) is 16.5. The molecule has 1 aliphatic heterocycles. The van der Waals surface area contributed by atoms with Gasteiger partial charge < -0.3 is 19.7 Å². The highest BCUT2D eigenvalue weighted by Crippen LogP contribution is 2.22. The summed E-state index contributed by atoms with van der Waals surface area (Å²) in [6.07, 6.45) is 0. The quantitative estimate of drug-likeness (QED) is 0.661. The molecule has 6 nitrogen and oxygen atoms in total. The predicted molar refractivity (Wildman–Crippen MR) is 111 cm³/mol. The molecule has 29 heavy (non-hydrogen) atoms. The van der Waals surface area contributed by atoms with Crippen LogP contribution in [-0.4, -0.2) is 57.8 Å². The number of imidazole rings is 1. The van der Waals surface area contributed by atoms with Crippen molar-refractivity contribution in [1.29, 1.82) is 0 Å². The standard InChI is InChI=1S/C23H23N3O3/c1-23(2,28)10-9-16-3-5-17(6-4-16)21-24-19-8-7-18(15-20(19)25-21)22(27)26-11-13-29-14-12-26/h3-8,15,28H,11-14H2,1-2H3,(H,24,25). The SMILES string of the molecule is CC(C)(O)C#Cc1ccc(-c2nc3ccc(C(=O)N4CCOCC4)cc3[nH]2)cc1. The van der Waals surface area contributed by atoms with Crippen LogP contribution in [0.25, 0.3) is 22.4 Å². The van der Waals surface area contributed by atoms with Gasteiger partial charge in [-0.25, -0.2) is 4.98 Å². The van der Waals surface area contributed by atoms with E-state index in [9.17, 15) is 9.90 Å². The molecule has 0 bridgehead atoms. The Hall–Kier alpha value is -3.14. The summed E-state index contributed by atoms with van der Waals surface area (Å²) < 4.78 is 5.32. The highest BCUT2D eigenvalue weighted by molar-refractivity contribution is 5.97. The molecule has 0 spiro atoms. The van der Waals surface area contributed by atoms with E-state index in [4.69, 9.17) is 4.74 Å². The molecule has 148 valence electrons. The molecule has 0 saturated carbocycles. The summed E-state index contributed by atoms with van der Waals surface area (Å²) in [7, 11) is 0. The number of morpholine rings is 1. The Morgan fingerprint density at radius 1 is 1.17 bits per heavy atom. The number of benzene rings is 2. The molecule has 1 aliphatic rings. The van der Waals surface area contributed by atoms with Gasteiger partial charge in [0.2, 0.25) is 0 Å². The van der Waals surface area contributed by atoms with Gasteiger partial charge in [0.05, 0.1) is 24.2 Å². The third-order valence-corrected chi connectivity index (χ3v) is 4.70. The van der Waals surface area contributed by atoms with E-state index in [1.54, 1.807) is 13.8 Å². The van der Waals surface area contributed by atoms with Gasteiger partial charge >= 0.3 is 0 Å². The van der Waals surface area contributed by atoms with Crippen LogP contribution in [0.2, 0.25) is 0 Å². The number of rotatable bonds is 2. The van der Waals surface area contributed by atoms with Crippen LogP contribution in [0, 0.1) is 11.8 Å². The van der Waals surface area contributed by atoms with Crippen LogP contribution in [-0.2, 0) is 4.74 Å². The fraction of sp³-hybridized carbons (Fsp3) is 0.304. The van der Waals surface area contributed by atoms with Crippen LogP contribution in [0.1, 0.15) is 29.8 Å². The van der Waals surface area contributed by atoms with Gasteiger partial charge in [-0.1, -0.05) is 24.0 Å². The van der Waals surface area contributed by atoms with Crippen LogP contribution in [0.5, 0.6) is 0 Å². The van der Waals surface area contributed by atoms with Crippen molar-refractivity contribution in [3.8, 4) is 23.2 Å². The van der Waals surface area contributed by atoms with Crippen molar-refractivity contribution in [1.82, 2.24) is 14.9 Å². The van der Waals surface area contributed by atoms with Gasteiger partial charge in [0.25, 0.3) is 5.91 Å². The Balaban J connectivity index is 1.57. The summed E-state index contributed by atoms with van der Waals surface area (Å²) in [4.78, 5) is 22.4. The molecule has 0 radical (unpaired) electrons. The Kier molecular flexibility index (Phi) is 5.10. The van der Waals surface area contributed by atoms with Crippen molar-refractivity contribution in [2.45, 2.75) is 19.4 Å². The van der Waals surface area contributed by atoms with Gasteiger partial charge in [-0.3, -0.25) is 4.79 Å². The number of H-pyrrole nitrogens is 1. The van der Waals surface area contributed by atoms with E-state index < -0.39 is 5.60 Å². The van der Waals surface area contributed by atoms with E-state index in [2.05, 4.69) is 21.8 Å². The second-order valence-electron chi connectivity index (χ2n) is 7.61. The Morgan fingerprint density at radius 3 is 2.59 bits per heavy atom. The lowest BCUT2D eigenvalue weighted by Gasteiger charge is -2.26. The molecule has 4 rings (SSSR count). The largest absolute Gasteiger partial charge is 0.378 e. The van der Waals surface area contributed by atoms with Crippen molar-refractivity contribution >= 4 is 16.9 Å². The molecule has 2 N–H and O–H groups in total. The Bertz CT molecular complexity index is 1090. The first-order valence-electron chi connectivity index (χ1n) is 9.62. The molecule has 3 aromatic rings. The van der Waals surface area contributed by atoms with Crippen molar-refractivity contribution in [3.05, 3.63) is 53.6 Å². The third-order valence-electron chi connectivity index (χ3n) is 4.70. The number of amides is 1. The van der Waals surface area contributed by atoms with Gasteiger partial charge in [-0.05, 0) is 44.2 Å². The van der Waals surface area contributed by atoms with Crippen molar-refractivity contribution < 1.29 is 14.6 Å². The lowest BCUT2D eigenvalue weighted by Crippen LogP contribution is -2.40. The first-order valence-corrected chi connectivity index (χ1v) is 9.62. The first kappa shape index (κ1) is 19.2. The van der Waals surface area contributed by atoms with Crippen molar-refractivity contribution in [3.63, 3.8) is 0 Å². The van der Waals surface area contributed by atoms with Gasteiger partial charge in [0, 0.05) is 29.8 Å². The summed E-state index contributed by atoms with van der Waals surface area (Å²) >= 11 is 0. The highest BCUT2D eigenvalue weighted by atomic mass is 16.5. The zero-order chi connectivity index (χ0) is 20.4. The third kappa shape index (κ3) is 4.48. The van der Waals surface area contributed by atoms with E-state index in [1.807, 2.05) is 47.4 Å². The molecule has 1 saturated heterocycles. The number of carbonyl (C=O) groups is 1. The fourth-order valence-electron chi connectivity index (χ4n) is 3.16. The second-order valence-corrected chi connectivity index (χ2v) is 7.61. The van der Waals surface area contributed by atoms with Crippen LogP contribution in [0.4, 0.5) is 0 Å². The lowest BCUT2D eigenvalue weighted by atomic mass is 10.1. The summed E-state index contributed by atoms with van der Waals surface area (Å²) in [5, 5.41) is 9.72. The number of aromatic nitrogens is 2. The molecule has 2 heterocycles. The average Bonchev–Trinajstić information content (AvgIpc) is 3.15. The fourth-order valence-corrected chi connectivity index (χ4v) is 3.16. The smallest absolute Gasteiger partial charge is 0.254 e. The number of fused-ring (bicyclic) bond motifs is 1. The maximum Gasteiger partial charge on any atom is 0.254 e. The van der Waals surface area contributed by atoms with E-state index in [-0.39, 0.29) is 5.91 Å². The summed E-state index contributed by atoms with van der Waals surface area (Å²) in [5.74, 6) is 6.51. The number of carbonyl (C=O) groups excluding carboxylic acids is 1. The highest BCUT2D eigenvalue weighted by Gasteiger charge is 2.19. The number of nitrogens with zero attached hydrogens (tertiary/aromatic N) is 2. The molecular formula is C23H23N3O3. The number of hydrogen-bond acceptors (Lipinski definition) is 4. The first-order chi connectivity index (χ1) is 13.9. The van der Waals surface area contributed by atoms with E-state index >= 15 is 0 Å². The lowest BCUT2D eigenvalue weighted by molar-refractivity contribution is 0.0303. The van der Waals surface area contributed by atoms with Gasteiger partial charge in [-0.2, -0.15) is 0 Å². The van der Waals surface area contributed by atoms with Crippen LogP contribution in [0.15, 0.2) is 42.5 Å². The van der Waals surface area contributed by atoms with Gasteiger partial charge in [0.15, 0.2) is 0 Å². The molecule has 2 aromatic carbocycles. The van der Waals surface area contributed by atoms with Gasteiger partial charge in [-0.15, -0.1) is 0 Å². The van der Waals surface area contributed by atoms with Crippen LogP contribution < -0.4 is 0 Å². The molecular weight excluding hydrogens is 366 g/mol. The Labute approximate surface area is 169 Å². The minimum atomic E-state index is -1.02. The van der Waals surface area contributed by atoms with Crippen LogP contribution >= 0.6 is 0 Å². The number of hydrogen-bond donors (Lipinski definition) is 2. The summed E-state index contributed by atoms with van der Waals surface area (Å²) in [5.41, 5.74) is 3.01. The van der Waals surface area contributed by atoms with Crippen molar-refractivity contribution in [2.75, 3.05) is 26.3 Å². The number of nitrogens with one attached hydrogen (secondary N) is 1. The predicted octanol–water partition coefficient (Wildman–Crippen LogP) is 2.82. The number of aliphatic hydroxyl groups is 1. The zero-order valence-electron chi connectivity index (χ0n) is 16.5. The van der Waals surface area contributed by atoms with Crippen LogP contribution in [0.3, 0.4) is 0 Å². The van der Waals surface area contributed by atoms with Gasteiger partial charge in [0.1, 0.15) is 11.4 Å². The summed E-state index contributed by atoms with van der Waals surface area (Å²) in [6.45, 7) is 5.71. The van der Waals surface area contributed by atoms with E-state index in [1.165, 1.54) is 0 Å². The molecule has 1 fully saturated rings. The minimum absolute atomic E-state index is 0.0149. The van der Waals surface area contributed by atoms with E-state index in [0.717, 1.165) is 28.0 Å². The molecule has 1 amide bonds. The number of ether oxygens (including phenoxy) is 1. The minimum Gasteiger partial charge on any atom is -0.378 e. The maximum atomic E-state index is 12.7. The second kappa shape index (κ2) is 7.70. The van der Waals surface area contributed by atoms with Crippen molar-refractivity contribution in [2.24, 2.45) is 0 Å².